The summed E-state index contributed by atoms with van der Waals surface area (Å²) in [7, 11) is 1.35. The summed E-state index contributed by atoms with van der Waals surface area (Å²) in [6.07, 6.45) is 1.98. The minimum atomic E-state index is -2.99. The molecular formula is C24H24F2N2O4S. The second-order valence-electron chi connectivity index (χ2n) is 7.11. The fourth-order valence-corrected chi connectivity index (χ4v) is 3.89. The van der Waals surface area contributed by atoms with Gasteiger partial charge in [-0.1, -0.05) is 18.2 Å². The highest BCUT2D eigenvalue weighted by Crippen LogP contribution is 2.29. The van der Waals surface area contributed by atoms with Gasteiger partial charge in [-0.15, -0.1) is 11.3 Å². The van der Waals surface area contributed by atoms with E-state index in [2.05, 4.69) is 15.4 Å². The average molecular weight is 475 g/mol. The Morgan fingerprint density at radius 1 is 1.06 bits per heavy atom. The molecule has 0 spiro atoms. The molecule has 3 rings (SSSR count). The van der Waals surface area contributed by atoms with E-state index < -0.39 is 6.61 Å². The molecule has 2 amide bonds. The lowest BCUT2D eigenvalue weighted by molar-refractivity contribution is -0.116. The van der Waals surface area contributed by atoms with E-state index in [4.69, 9.17) is 4.74 Å². The number of anilines is 1. The van der Waals surface area contributed by atoms with Crippen LogP contribution in [0.1, 0.15) is 33.6 Å². The van der Waals surface area contributed by atoms with Crippen molar-refractivity contribution < 1.29 is 27.8 Å². The van der Waals surface area contributed by atoms with Crippen molar-refractivity contribution in [1.82, 2.24) is 5.32 Å². The lowest BCUT2D eigenvalue weighted by atomic mass is 10.1. The Bertz CT molecular complexity index is 1070. The minimum absolute atomic E-state index is 0.0989. The van der Waals surface area contributed by atoms with Gasteiger partial charge in [-0.25, -0.2) is 0 Å². The Hall–Kier alpha value is -3.46. The zero-order valence-corrected chi connectivity index (χ0v) is 18.8. The molecule has 174 valence electrons. The van der Waals surface area contributed by atoms with Crippen molar-refractivity contribution in [3.05, 3.63) is 76.0 Å². The van der Waals surface area contributed by atoms with E-state index in [0.29, 0.717) is 23.2 Å². The molecule has 0 unspecified atom stereocenters. The van der Waals surface area contributed by atoms with Crippen molar-refractivity contribution in [3.8, 4) is 11.5 Å². The number of carbonyl (C=O) groups is 2. The van der Waals surface area contributed by atoms with Gasteiger partial charge in [-0.2, -0.15) is 8.78 Å². The van der Waals surface area contributed by atoms with Gasteiger partial charge in [0.25, 0.3) is 5.91 Å². The van der Waals surface area contributed by atoms with Crippen LogP contribution < -0.4 is 20.1 Å². The Balaban J connectivity index is 1.53. The number of carbonyl (C=O) groups excluding carboxylic acids is 2. The molecule has 3 aromatic rings. The summed E-state index contributed by atoms with van der Waals surface area (Å²) < 4.78 is 34.6. The lowest BCUT2D eigenvalue weighted by Crippen LogP contribution is -2.23. The molecule has 0 bridgehead atoms. The highest BCUT2D eigenvalue weighted by atomic mass is 32.1. The molecule has 6 nitrogen and oxygen atoms in total. The number of amides is 2. The fraction of sp³-hybridized carbons (Fsp3) is 0.250. The summed E-state index contributed by atoms with van der Waals surface area (Å²) in [5.41, 5.74) is 1.46. The molecule has 0 atom stereocenters. The van der Waals surface area contributed by atoms with Crippen molar-refractivity contribution in [2.75, 3.05) is 12.4 Å². The standard InChI is InChI=1S/C24H24F2N2O4S/c1-31-20-11-10-16(13-21(20)32-24(25)26)15-27-23(30)17-5-2-6-18(14-17)28-22(29)9-3-7-19-8-4-12-33-19/h2,4-6,8,10-14,24H,3,7,9,15H2,1H3,(H,27,30)(H,28,29). The van der Waals surface area contributed by atoms with Gasteiger partial charge in [0, 0.05) is 29.1 Å². The molecule has 2 N–H and O–H groups in total. The summed E-state index contributed by atoms with van der Waals surface area (Å²) in [6.45, 7) is -2.89. The third kappa shape index (κ3) is 7.57. The maximum absolute atomic E-state index is 12.6. The molecule has 33 heavy (non-hydrogen) atoms. The fourth-order valence-electron chi connectivity index (χ4n) is 3.14. The van der Waals surface area contributed by atoms with Crippen LogP contribution in [-0.4, -0.2) is 25.5 Å². The summed E-state index contributed by atoms with van der Waals surface area (Å²) in [4.78, 5) is 26.0. The van der Waals surface area contributed by atoms with Crippen LogP contribution in [0.5, 0.6) is 11.5 Å². The van der Waals surface area contributed by atoms with Crippen LogP contribution >= 0.6 is 11.3 Å². The molecule has 2 aromatic carbocycles. The zero-order valence-electron chi connectivity index (χ0n) is 18.0. The summed E-state index contributed by atoms with van der Waals surface area (Å²) in [6, 6.07) is 15.2. The number of ether oxygens (including phenoxy) is 2. The molecule has 9 heteroatoms. The summed E-state index contributed by atoms with van der Waals surface area (Å²) >= 11 is 1.67. The number of aryl methyl sites for hydroxylation is 1. The Labute approximate surface area is 194 Å². The Morgan fingerprint density at radius 3 is 2.64 bits per heavy atom. The van der Waals surface area contributed by atoms with E-state index in [-0.39, 0.29) is 29.9 Å². The van der Waals surface area contributed by atoms with Crippen molar-refractivity contribution in [1.29, 1.82) is 0 Å². The number of rotatable bonds is 11. The predicted molar refractivity (Wildman–Crippen MR) is 123 cm³/mol. The summed E-state index contributed by atoms with van der Waals surface area (Å²) in [5.74, 6) is -0.419. The number of hydrogen-bond acceptors (Lipinski definition) is 5. The Morgan fingerprint density at radius 2 is 1.91 bits per heavy atom. The van der Waals surface area contributed by atoms with Crippen LogP contribution in [0.25, 0.3) is 0 Å². The third-order valence-electron chi connectivity index (χ3n) is 4.71. The second-order valence-corrected chi connectivity index (χ2v) is 8.14. The number of halogens is 2. The van der Waals surface area contributed by atoms with E-state index in [9.17, 15) is 18.4 Å². The van der Waals surface area contributed by atoms with Gasteiger partial charge in [0.2, 0.25) is 5.91 Å². The first kappa shape index (κ1) is 24.2. The van der Waals surface area contributed by atoms with E-state index in [1.54, 1.807) is 41.7 Å². The van der Waals surface area contributed by atoms with Crippen LogP contribution in [0, 0.1) is 0 Å². The van der Waals surface area contributed by atoms with Gasteiger partial charge in [0.15, 0.2) is 11.5 Å². The number of methoxy groups -OCH3 is 1. The SMILES string of the molecule is COc1ccc(CNC(=O)c2cccc(NC(=O)CCCc3cccs3)c2)cc1OC(F)F. The summed E-state index contributed by atoms with van der Waals surface area (Å²) in [5, 5.41) is 7.55. The molecule has 1 heterocycles. The first-order valence-electron chi connectivity index (χ1n) is 10.3. The molecule has 0 saturated heterocycles. The first-order valence-corrected chi connectivity index (χ1v) is 11.1. The third-order valence-corrected chi connectivity index (χ3v) is 5.65. The largest absolute Gasteiger partial charge is 0.493 e. The molecular weight excluding hydrogens is 450 g/mol. The van der Waals surface area contributed by atoms with Crippen LogP contribution in [-0.2, 0) is 17.8 Å². The number of alkyl halides is 2. The second kappa shape index (κ2) is 12.0. The van der Waals surface area contributed by atoms with Gasteiger partial charge >= 0.3 is 6.61 Å². The van der Waals surface area contributed by atoms with Crippen LogP contribution in [0.3, 0.4) is 0 Å². The molecule has 0 saturated carbocycles. The van der Waals surface area contributed by atoms with Crippen molar-refractivity contribution in [3.63, 3.8) is 0 Å². The van der Waals surface area contributed by atoms with Crippen molar-refractivity contribution in [2.24, 2.45) is 0 Å². The smallest absolute Gasteiger partial charge is 0.387 e. The van der Waals surface area contributed by atoms with E-state index >= 15 is 0 Å². The van der Waals surface area contributed by atoms with Crippen molar-refractivity contribution >= 4 is 28.8 Å². The van der Waals surface area contributed by atoms with Gasteiger partial charge in [0.1, 0.15) is 0 Å². The maximum atomic E-state index is 12.6. The predicted octanol–water partition coefficient (Wildman–Crippen LogP) is 5.25. The van der Waals surface area contributed by atoms with Crippen LogP contribution in [0.2, 0.25) is 0 Å². The molecule has 0 aliphatic carbocycles. The van der Waals surface area contributed by atoms with Gasteiger partial charge in [0.05, 0.1) is 7.11 Å². The van der Waals surface area contributed by atoms with Crippen LogP contribution in [0.15, 0.2) is 60.0 Å². The average Bonchev–Trinajstić information content (AvgIpc) is 3.31. The van der Waals surface area contributed by atoms with Gasteiger partial charge < -0.3 is 20.1 Å². The van der Waals surface area contributed by atoms with E-state index in [1.165, 1.54) is 24.1 Å². The molecule has 0 aliphatic heterocycles. The van der Waals surface area contributed by atoms with Gasteiger partial charge in [-0.3, -0.25) is 9.59 Å². The molecule has 1 aromatic heterocycles. The zero-order chi connectivity index (χ0) is 23.6. The van der Waals surface area contributed by atoms with E-state index in [1.807, 2.05) is 17.5 Å². The number of thiophene rings is 1. The first-order chi connectivity index (χ1) is 15.9. The van der Waals surface area contributed by atoms with Crippen LogP contribution in [0.4, 0.5) is 14.5 Å². The molecule has 0 fully saturated rings. The highest BCUT2D eigenvalue weighted by Gasteiger charge is 2.13. The van der Waals surface area contributed by atoms with Gasteiger partial charge in [-0.05, 0) is 60.2 Å². The monoisotopic (exact) mass is 474 g/mol. The molecule has 0 aliphatic rings. The maximum Gasteiger partial charge on any atom is 0.387 e. The Kier molecular flexibility index (Phi) is 8.77. The number of benzene rings is 2. The number of nitrogens with one attached hydrogen (secondary N) is 2. The number of hydrogen-bond donors (Lipinski definition) is 2. The lowest BCUT2D eigenvalue weighted by Gasteiger charge is -2.12. The topological polar surface area (TPSA) is 76.7 Å². The van der Waals surface area contributed by atoms with E-state index in [0.717, 1.165) is 12.8 Å². The quantitative estimate of drug-likeness (QED) is 0.398. The normalized spacial score (nSPS) is 10.7. The minimum Gasteiger partial charge on any atom is -0.493 e. The molecule has 0 radical (unpaired) electrons. The van der Waals surface area contributed by atoms with Crippen molar-refractivity contribution in [2.45, 2.75) is 32.4 Å². The highest BCUT2D eigenvalue weighted by molar-refractivity contribution is 7.09.